The third-order valence-corrected chi connectivity index (χ3v) is 4.01. The molecule has 1 N–H and O–H groups in total. The standard InChI is InChI=1S/C16H17N3O3S/c1-18(2)15-9-6-12(19(21)22)10-14(15)16(20)17-11-4-7-13(23-3)8-5-11/h4-10H,1-3H3,(H,17,20). The summed E-state index contributed by atoms with van der Waals surface area (Å²) in [6, 6.07) is 11.7. The number of anilines is 2. The second kappa shape index (κ2) is 7.15. The molecule has 23 heavy (non-hydrogen) atoms. The molecule has 1 amide bonds. The van der Waals surface area contributed by atoms with Crippen LogP contribution in [0.25, 0.3) is 0 Å². The topological polar surface area (TPSA) is 75.5 Å². The van der Waals surface area contributed by atoms with Crippen molar-refractivity contribution in [3.8, 4) is 0 Å². The van der Waals surface area contributed by atoms with Gasteiger partial charge in [-0.2, -0.15) is 0 Å². The lowest BCUT2D eigenvalue weighted by Crippen LogP contribution is -2.18. The number of benzene rings is 2. The number of non-ortho nitro benzene ring substituents is 1. The molecule has 6 nitrogen and oxygen atoms in total. The van der Waals surface area contributed by atoms with Crippen molar-refractivity contribution in [2.24, 2.45) is 0 Å². The van der Waals surface area contributed by atoms with Crippen LogP contribution in [0.1, 0.15) is 10.4 Å². The van der Waals surface area contributed by atoms with Gasteiger partial charge in [-0.3, -0.25) is 14.9 Å². The maximum absolute atomic E-state index is 12.5. The van der Waals surface area contributed by atoms with Crippen LogP contribution in [0.15, 0.2) is 47.4 Å². The molecule has 2 aromatic carbocycles. The Bertz CT molecular complexity index is 730. The van der Waals surface area contributed by atoms with Crippen LogP contribution in [-0.4, -0.2) is 31.2 Å². The Kier molecular flexibility index (Phi) is 5.23. The zero-order valence-electron chi connectivity index (χ0n) is 13.1. The van der Waals surface area contributed by atoms with E-state index in [1.165, 1.54) is 12.1 Å². The molecule has 0 aliphatic carbocycles. The van der Waals surface area contributed by atoms with Gasteiger partial charge in [0.2, 0.25) is 0 Å². The number of amides is 1. The van der Waals surface area contributed by atoms with Crippen molar-refractivity contribution >= 4 is 34.7 Å². The summed E-state index contributed by atoms with van der Waals surface area (Å²) < 4.78 is 0. The van der Waals surface area contributed by atoms with Crippen LogP contribution >= 0.6 is 11.8 Å². The molecular formula is C16H17N3O3S. The van der Waals surface area contributed by atoms with Gasteiger partial charge in [0, 0.05) is 42.5 Å². The lowest BCUT2D eigenvalue weighted by atomic mass is 10.1. The quantitative estimate of drug-likeness (QED) is 0.514. The first kappa shape index (κ1) is 16.8. The summed E-state index contributed by atoms with van der Waals surface area (Å²) in [7, 11) is 3.57. The van der Waals surface area contributed by atoms with Crippen LogP contribution in [0.3, 0.4) is 0 Å². The maximum Gasteiger partial charge on any atom is 0.270 e. The average molecular weight is 331 g/mol. The summed E-state index contributed by atoms with van der Waals surface area (Å²) in [5, 5.41) is 13.7. The Balaban J connectivity index is 2.32. The minimum atomic E-state index is -0.510. The number of nitrogens with zero attached hydrogens (tertiary/aromatic N) is 2. The third-order valence-electron chi connectivity index (χ3n) is 3.27. The fourth-order valence-electron chi connectivity index (χ4n) is 2.08. The summed E-state index contributed by atoms with van der Waals surface area (Å²) >= 11 is 1.61. The predicted octanol–water partition coefficient (Wildman–Crippen LogP) is 3.64. The van der Waals surface area contributed by atoms with Crippen LogP contribution < -0.4 is 10.2 Å². The summed E-state index contributed by atoms with van der Waals surface area (Å²) in [4.78, 5) is 25.8. The first-order valence-electron chi connectivity index (χ1n) is 6.83. The first-order valence-corrected chi connectivity index (χ1v) is 8.06. The monoisotopic (exact) mass is 331 g/mol. The molecule has 0 unspecified atom stereocenters. The normalized spacial score (nSPS) is 10.2. The predicted molar refractivity (Wildman–Crippen MR) is 93.6 cm³/mol. The minimum absolute atomic E-state index is 0.113. The molecule has 0 aliphatic rings. The van der Waals surface area contributed by atoms with E-state index in [0.29, 0.717) is 11.4 Å². The van der Waals surface area contributed by atoms with Crippen LogP contribution in [0, 0.1) is 10.1 Å². The molecule has 0 bridgehead atoms. The van der Waals surface area contributed by atoms with Crippen molar-refractivity contribution < 1.29 is 9.72 Å². The summed E-state index contributed by atoms with van der Waals surface area (Å²) in [6.07, 6.45) is 1.97. The highest BCUT2D eigenvalue weighted by atomic mass is 32.2. The lowest BCUT2D eigenvalue weighted by Gasteiger charge is -2.17. The molecule has 120 valence electrons. The van der Waals surface area contributed by atoms with E-state index in [1.807, 2.05) is 18.4 Å². The summed E-state index contributed by atoms with van der Waals surface area (Å²) in [6.45, 7) is 0. The maximum atomic E-state index is 12.5. The Morgan fingerprint density at radius 3 is 2.35 bits per heavy atom. The van der Waals surface area contributed by atoms with E-state index in [-0.39, 0.29) is 17.2 Å². The zero-order valence-corrected chi connectivity index (χ0v) is 13.9. The van der Waals surface area contributed by atoms with E-state index >= 15 is 0 Å². The van der Waals surface area contributed by atoms with Gasteiger partial charge in [0.05, 0.1) is 10.5 Å². The number of hydrogen-bond donors (Lipinski definition) is 1. The zero-order chi connectivity index (χ0) is 17.0. The third kappa shape index (κ3) is 4.01. The van der Waals surface area contributed by atoms with Crippen molar-refractivity contribution in [3.05, 3.63) is 58.1 Å². The van der Waals surface area contributed by atoms with Gasteiger partial charge in [0.15, 0.2) is 0 Å². The molecule has 0 saturated heterocycles. The largest absolute Gasteiger partial charge is 0.377 e. The van der Waals surface area contributed by atoms with Crippen LogP contribution in [0.2, 0.25) is 0 Å². The summed E-state index contributed by atoms with van der Waals surface area (Å²) in [5.41, 5.74) is 1.41. The molecule has 0 saturated carbocycles. The lowest BCUT2D eigenvalue weighted by molar-refractivity contribution is -0.384. The van der Waals surface area contributed by atoms with Gasteiger partial charge in [0.1, 0.15) is 0 Å². The number of nitro groups is 1. The highest BCUT2D eigenvalue weighted by Gasteiger charge is 2.18. The summed E-state index contributed by atoms with van der Waals surface area (Å²) in [5.74, 6) is -0.380. The SMILES string of the molecule is CSc1ccc(NC(=O)c2cc([N+](=O)[O-])ccc2N(C)C)cc1. The molecule has 7 heteroatoms. The van der Waals surface area contributed by atoms with Crippen LogP contribution in [-0.2, 0) is 0 Å². The second-order valence-electron chi connectivity index (χ2n) is 5.04. The Labute approximate surface area is 138 Å². The highest BCUT2D eigenvalue weighted by molar-refractivity contribution is 7.98. The molecule has 0 radical (unpaired) electrons. The van der Waals surface area contributed by atoms with Gasteiger partial charge in [-0.15, -0.1) is 11.8 Å². The average Bonchev–Trinajstić information content (AvgIpc) is 2.54. The molecule has 0 aromatic heterocycles. The van der Waals surface area contributed by atoms with E-state index in [2.05, 4.69) is 5.32 Å². The number of rotatable bonds is 5. The van der Waals surface area contributed by atoms with E-state index < -0.39 is 4.92 Å². The Morgan fingerprint density at radius 1 is 1.17 bits per heavy atom. The van der Waals surface area contributed by atoms with Crippen molar-refractivity contribution in [2.75, 3.05) is 30.6 Å². The van der Waals surface area contributed by atoms with E-state index in [0.717, 1.165) is 4.90 Å². The van der Waals surface area contributed by atoms with E-state index in [1.54, 1.807) is 49.0 Å². The fourth-order valence-corrected chi connectivity index (χ4v) is 2.49. The van der Waals surface area contributed by atoms with Gasteiger partial charge >= 0.3 is 0 Å². The van der Waals surface area contributed by atoms with Gasteiger partial charge in [-0.05, 0) is 36.6 Å². The molecule has 2 aromatic rings. The van der Waals surface area contributed by atoms with Gasteiger partial charge in [0.25, 0.3) is 11.6 Å². The number of thioether (sulfide) groups is 1. The Hall–Kier alpha value is -2.54. The number of carbonyl (C=O) groups excluding carboxylic acids is 1. The van der Waals surface area contributed by atoms with Crippen molar-refractivity contribution in [3.63, 3.8) is 0 Å². The molecule has 0 spiro atoms. The minimum Gasteiger partial charge on any atom is -0.377 e. The smallest absolute Gasteiger partial charge is 0.270 e. The number of carbonyl (C=O) groups is 1. The number of hydrogen-bond acceptors (Lipinski definition) is 5. The highest BCUT2D eigenvalue weighted by Crippen LogP contribution is 2.25. The number of nitrogens with one attached hydrogen (secondary N) is 1. The van der Waals surface area contributed by atoms with Crippen molar-refractivity contribution in [2.45, 2.75) is 4.90 Å². The molecule has 0 heterocycles. The van der Waals surface area contributed by atoms with Crippen LogP contribution in [0.5, 0.6) is 0 Å². The van der Waals surface area contributed by atoms with Gasteiger partial charge in [-0.1, -0.05) is 0 Å². The van der Waals surface area contributed by atoms with Gasteiger partial charge < -0.3 is 10.2 Å². The Morgan fingerprint density at radius 2 is 1.83 bits per heavy atom. The van der Waals surface area contributed by atoms with Crippen molar-refractivity contribution in [1.29, 1.82) is 0 Å². The van der Waals surface area contributed by atoms with E-state index in [9.17, 15) is 14.9 Å². The first-order chi connectivity index (χ1) is 10.9. The second-order valence-corrected chi connectivity index (χ2v) is 5.92. The molecule has 2 rings (SSSR count). The molecule has 0 aliphatic heterocycles. The van der Waals surface area contributed by atoms with E-state index in [4.69, 9.17) is 0 Å². The molecule has 0 atom stereocenters. The number of nitro benzene ring substituents is 1. The van der Waals surface area contributed by atoms with Gasteiger partial charge in [-0.25, -0.2) is 0 Å². The van der Waals surface area contributed by atoms with Crippen molar-refractivity contribution in [1.82, 2.24) is 0 Å². The van der Waals surface area contributed by atoms with Crippen LogP contribution in [0.4, 0.5) is 17.1 Å². The molecular weight excluding hydrogens is 314 g/mol. The molecule has 0 fully saturated rings. The fraction of sp³-hybridized carbons (Fsp3) is 0.188.